The predicted molar refractivity (Wildman–Crippen MR) is 167 cm³/mol. The maximum Gasteiger partial charge on any atom is 0.0536 e. The van der Waals surface area contributed by atoms with Crippen molar-refractivity contribution in [3.63, 3.8) is 0 Å². The first-order valence-corrected chi connectivity index (χ1v) is 15.0. The molecule has 0 unspecified atom stereocenters. The largest absolute Gasteiger partial charge is 0.0858 e. The Kier molecular flexibility index (Phi) is 7.18. The Morgan fingerprint density at radius 3 is 0.974 bits per heavy atom. The van der Waals surface area contributed by atoms with Crippen LogP contribution in [0.25, 0.3) is 44.5 Å². The van der Waals surface area contributed by atoms with Crippen molar-refractivity contribution in [2.45, 2.75) is 0 Å². The van der Waals surface area contributed by atoms with E-state index in [1.807, 2.05) is 0 Å². The Morgan fingerprint density at radius 2 is 0.632 bits per heavy atom. The molecule has 0 heterocycles. The van der Waals surface area contributed by atoms with E-state index in [1.165, 1.54) is 44.5 Å². The van der Waals surface area contributed by atoms with Gasteiger partial charge >= 0.3 is 0 Å². The first-order chi connectivity index (χ1) is 18.8. The Morgan fingerprint density at radius 1 is 0.316 bits per heavy atom. The summed E-state index contributed by atoms with van der Waals surface area (Å²) in [6.45, 7) is 0. The molecule has 0 aliphatic carbocycles. The van der Waals surface area contributed by atoms with Crippen molar-refractivity contribution in [1.29, 1.82) is 0 Å². The minimum atomic E-state index is -1.15. The van der Waals surface area contributed by atoms with Crippen molar-refractivity contribution in [2.75, 3.05) is 0 Å². The summed E-state index contributed by atoms with van der Waals surface area (Å²) in [6, 6.07) is 55.7. The number of halogens is 1. The molecule has 0 radical (unpaired) electrons. The normalized spacial score (nSPS) is 11.0. The van der Waals surface area contributed by atoms with Gasteiger partial charge in [-0.25, -0.2) is 0 Å². The minimum Gasteiger partial charge on any atom is -0.0858 e. The van der Waals surface area contributed by atoms with Crippen LogP contribution in [-0.4, -0.2) is 0 Å². The molecule has 182 valence electrons. The smallest absolute Gasteiger partial charge is 0.0536 e. The molecule has 6 aromatic rings. The van der Waals surface area contributed by atoms with Crippen molar-refractivity contribution >= 4 is 29.1 Å². The summed E-state index contributed by atoms with van der Waals surface area (Å²) < 4.78 is 0. The number of benzene rings is 6. The lowest BCUT2D eigenvalue weighted by molar-refractivity contribution is 1.60. The van der Waals surface area contributed by atoms with Crippen LogP contribution in [0.4, 0.5) is 0 Å². The van der Waals surface area contributed by atoms with E-state index in [2.05, 4.69) is 158 Å². The standard InChI is InChI=1S/C36H26ClP/c37-38(35-23-21-31(27-13-5-1-6-14-27)25-33(35)29-17-9-3-10-18-29)36-24-22-32(28-15-7-2-8-16-28)26-34(36)30-19-11-4-12-20-30/h1-26H. The molecule has 0 aliphatic rings. The van der Waals surface area contributed by atoms with Crippen LogP contribution >= 0.6 is 18.5 Å². The number of hydrogen-bond donors (Lipinski definition) is 0. The Hall–Kier alpha value is -3.96. The Bertz CT molecular complexity index is 1520. The van der Waals surface area contributed by atoms with E-state index in [0.29, 0.717) is 0 Å². The quantitative estimate of drug-likeness (QED) is 0.190. The number of hydrogen-bond acceptors (Lipinski definition) is 0. The lowest BCUT2D eigenvalue weighted by Gasteiger charge is -2.21. The van der Waals surface area contributed by atoms with Crippen molar-refractivity contribution in [3.05, 3.63) is 158 Å². The van der Waals surface area contributed by atoms with Gasteiger partial charge in [0.15, 0.2) is 0 Å². The van der Waals surface area contributed by atoms with Crippen LogP contribution < -0.4 is 10.6 Å². The molecule has 0 N–H and O–H groups in total. The first kappa shape index (κ1) is 24.4. The van der Waals surface area contributed by atoms with Crippen molar-refractivity contribution in [1.82, 2.24) is 0 Å². The second kappa shape index (κ2) is 11.2. The third-order valence-electron chi connectivity index (χ3n) is 6.80. The zero-order valence-corrected chi connectivity index (χ0v) is 22.5. The summed E-state index contributed by atoms with van der Waals surface area (Å²) in [5, 5.41) is 2.33. The van der Waals surface area contributed by atoms with Gasteiger partial charge in [-0.1, -0.05) is 157 Å². The van der Waals surface area contributed by atoms with Crippen molar-refractivity contribution in [3.8, 4) is 44.5 Å². The SMILES string of the molecule is ClP(c1ccc(-c2ccccc2)cc1-c1ccccc1)c1ccc(-c2ccccc2)cc1-c1ccccc1. The zero-order valence-electron chi connectivity index (χ0n) is 20.8. The summed E-state index contributed by atoms with van der Waals surface area (Å²) >= 11 is 7.50. The molecule has 0 amide bonds. The van der Waals surface area contributed by atoms with Gasteiger partial charge in [0, 0.05) is 10.6 Å². The second-order valence-corrected chi connectivity index (χ2v) is 11.7. The van der Waals surface area contributed by atoms with Gasteiger partial charge in [0.1, 0.15) is 0 Å². The molecule has 0 aliphatic heterocycles. The highest BCUT2D eigenvalue weighted by Gasteiger charge is 2.21. The molecule has 6 rings (SSSR count). The van der Waals surface area contributed by atoms with E-state index in [0.717, 1.165) is 10.6 Å². The Labute approximate surface area is 230 Å². The van der Waals surface area contributed by atoms with E-state index in [-0.39, 0.29) is 0 Å². The van der Waals surface area contributed by atoms with Gasteiger partial charge < -0.3 is 0 Å². The molecule has 6 aromatic carbocycles. The van der Waals surface area contributed by atoms with Gasteiger partial charge in [0.25, 0.3) is 0 Å². The van der Waals surface area contributed by atoms with E-state index in [1.54, 1.807) is 0 Å². The van der Waals surface area contributed by atoms with Gasteiger partial charge in [-0.3, -0.25) is 0 Å². The molecule has 0 saturated carbocycles. The first-order valence-electron chi connectivity index (χ1n) is 12.7. The lowest BCUT2D eigenvalue weighted by Crippen LogP contribution is -2.13. The summed E-state index contributed by atoms with van der Waals surface area (Å²) in [5.41, 5.74) is 9.50. The molecule has 0 saturated heterocycles. The molecule has 0 spiro atoms. The van der Waals surface area contributed by atoms with Gasteiger partial charge in [0.2, 0.25) is 0 Å². The molecule has 0 fully saturated rings. The Balaban J connectivity index is 1.51. The molecule has 0 nitrogen and oxygen atoms in total. The molecule has 38 heavy (non-hydrogen) atoms. The van der Waals surface area contributed by atoms with Crippen LogP contribution in [0.5, 0.6) is 0 Å². The van der Waals surface area contributed by atoms with Gasteiger partial charge in [-0.05, 0) is 56.6 Å². The lowest BCUT2D eigenvalue weighted by atomic mass is 9.99. The van der Waals surface area contributed by atoms with Crippen LogP contribution in [0.1, 0.15) is 0 Å². The van der Waals surface area contributed by atoms with Gasteiger partial charge in [-0.15, -0.1) is 0 Å². The van der Waals surface area contributed by atoms with E-state index in [9.17, 15) is 0 Å². The van der Waals surface area contributed by atoms with Crippen molar-refractivity contribution in [2.24, 2.45) is 0 Å². The fraction of sp³-hybridized carbons (Fsp3) is 0. The third-order valence-corrected chi connectivity index (χ3v) is 9.52. The maximum absolute atomic E-state index is 7.50. The van der Waals surface area contributed by atoms with Crippen LogP contribution in [0, 0.1) is 0 Å². The summed E-state index contributed by atoms with van der Waals surface area (Å²) in [5.74, 6) is 0. The highest BCUT2D eigenvalue weighted by Crippen LogP contribution is 2.46. The van der Waals surface area contributed by atoms with Crippen molar-refractivity contribution < 1.29 is 0 Å². The fourth-order valence-corrected chi connectivity index (χ4v) is 7.23. The van der Waals surface area contributed by atoms with Crippen LogP contribution in [0.15, 0.2) is 158 Å². The van der Waals surface area contributed by atoms with Gasteiger partial charge in [-0.2, -0.15) is 0 Å². The van der Waals surface area contributed by atoms with Crippen LogP contribution in [0.3, 0.4) is 0 Å². The topological polar surface area (TPSA) is 0 Å². The predicted octanol–water partition coefficient (Wildman–Crippen LogP) is 9.94. The highest BCUT2D eigenvalue weighted by molar-refractivity contribution is 7.96. The van der Waals surface area contributed by atoms with Gasteiger partial charge in [0.05, 0.1) is 7.27 Å². The molecule has 2 heteroatoms. The number of rotatable bonds is 6. The highest BCUT2D eigenvalue weighted by atomic mass is 35.7. The summed E-state index contributed by atoms with van der Waals surface area (Å²) in [6.07, 6.45) is 0. The average Bonchev–Trinajstić information content (AvgIpc) is 3.02. The second-order valence-electron chi connectivity index (χ2n) is 9.21. The molecular weight excluding hydrogens is 499 g/mol. The molecular formula is C36H26ClP. The van der Waals surface area contributed by atoms with E-state index < -0.39 is 7.27 Å². The maximum atomic E-state index is 7.50. The molecule has 0 atom stereocenters. The summed E-state index contributed by atoms with van der Waals surface area (Å²) in [7, 11) is -1.15. The van der Waals surface area contributed by atoms with Crippen LogP contribution in [0.2, 0.25) is 0 Å². The van der Waals surface area contributed by atoms with E-state index in [4.69, 9.17) is 11.2 Å². The van der Waals surface area contributed by atoms with E-state index >= 15 is 0 Å². The minimum absolute atomic E-state index is 1.15. The zero-order chi connectivity index (χ0) is 25.7. The summed E-state index contributed by atoms with van der Waals surface area (Å²) in [4.78, 5) is 0. The molecule has 0 bridgehead atoms. The monoisotopic (exact) mass is 524 g/mol. The third kappa shape index (κ3) is 5.07. The average molecular weight is 525 g/mol. The van der Waals surface area contributed by atoms with Crippen LogP contribution in [-0.2, 0) is 0 Å². The fourth-order valence-electron chi connectivity index (χ4n) is 4.86. The molecule has 0 aromatic heterocycles.